The van der Waals surface area contributed by atoms with Crippen molar-refractivity contribution in [2.75, 3.05) is 17.2 Å². The molecule has 0 saturated carbocycles. The van der Waals surface area contributed by atoms with Crippen LogP contribution < -0.4 is 10.6 Å². The molecule has 176 valence electrons. The number of amides is 2. The monoisotopic (exact) mass is 518 g/mol. The number of hydrogen-bond donors (Lipinski definition) is 2. The molecule has 2 amide bonds. The third-order valence-corrected chi connectivity index (χ3v) is 4.85. The van der Waals surface area contributed by atoms with Gasteiger partial charge >= 0.3 is 11.9 Å². The van der Waals surface area contributed by atoms with Crippen molar-refractivity contribution in [3.63, 3.8) is 0 Å². The number of carbonyl (C=O) groups is 4. The first-order valence-electron chi connectivity index (χ1n) is 10.5. The Balaban J connectivity index is 1.66. The van der Waals surface area contributed by atoms with Crippen molar-refractivity contribution in [2.45, 2.75) is 46.1 Å². The van der Waals surface area contributed by atoms with Crippen LogP contribution in [0, 0.1) is 6.92 Å². The Morgan fingerprint density at radius 2 is 1.64 bits per heavy atom. The van der Waals surface area contributed by atoms with Gasteiger partial charge in [0.15, 0.2) is 6.61 Å². The van der Waals surface area contributed by atoms with Gasteiger partial charge in [0.2, 0.25) is 5.91 Å². The molecule has 0 spiro atoms. The molecule has 0 radical (unpaired) electrons. The maximum absolute atomic E-state index is 12.1. The SMILES string of the molecule is Cc1cc(Br)ccc1NC(=O)COC(=O)CCCC(=O)Nc1ccc(C(=O)OC(C)C)cc1. The molecule has 2 N–H and O–H groups in total. The van der Waals surface area contributed by atoms with E-state index in [2.05, 4.69) is 26.6 Å². The van der Waals surface area contributed by atoms with E-state index in [0.29, 0.717) is 16.9 Å². The van der Waals surface area contributed by atoms with Crippen LogP contribution in [0.4, 0.5) is 11.4 Å². The van der Waals surface area contributed by atoms with Crippen LogP contribution in [0.1, 0.15) is 49.0 Å². The highest BCUT2D eigenvalue weighted by Crippen LogP contribution is 2.20. The fourth-order valence-electron chi connectivity index (χ4n) is 2.76. The third-order valence-electron chi connectivity index (χ3n) is 4.36. The van der Waals surface area contributed by atoms with E-state index in [1.165, 1.54) is 0 Å². The number of hydrogen-bond acceptors (Lipinski definition) is 6. The van der Waals surface area contributed by atoms with Crippen LogP contribution in [0.5, 0.6) is 0 Å². The Morgan fingerprint density at radius 3 is 2.27 bits per heavy atom. The Hall–Kier alpha value is -3.20. The number of nitrogens with one attached hydrogen (secondary N) is 2. The van der Waals surface area contributed by atoms with E-state index in [-0.39, 0.29) is 31.3 Å². The van der Waals surface area contributed by atoms with Crippen LogP contribution in [0.15, 0.2) is 46.9 Å². The molecule has 0 aliphatic rings. The van der Waals surface area contributed by atoms with Gasteiger partial charge in [-0.25, -0.2) is 4.79 Å². The molecule has 9 heteroatoms. The molecule has 0 atom stereocenters. The average molecular weight is 519 g/mol. The smallest absolute Gasteiger partial charge is 0.338 e. The molecule has 0 heterocycles. The summed E-state index contributed by atoms with van der Waals surface area (Å²) in [6, 6.07) is 11.8. The van der Waals surface area contributed by atoms with Gasteiger partial charge in [-0.3, -0.25) is 14.4 Å². The molecule has 0 aromatic heterocycles. The normalized spacial score (nSPS) is 10.5. The maximum atomic E-state index is 12.1. The standard InChI is InChI=1S/C24H27BrN2O6/c1-15(2)33-24(31)17-7-10-19(11-8-17)26-21(28)5-4-6-23(30)32-14-22(29)27-20-12-9-18(25)13-16(20)3/h7-13,15H,4-6,14H2,1-3H3,(H,26,28)(H,27,29). The van der Waals surface area contributed by atoms with Crippen molar-refractivity contribution in [1.82, 2.24) is 0 Å². The molecule has 0 aliphatic carbocycles. The molecular weight excluding hydrogens is 492 g/mol. The molecule has 8 nitrogen and oxygen atoms in total. The summed E-state index contributed by atoms with van der Waals surface area (Å²) in [6.07, 6.45) is 0.180. The summed E-state index contributed by atoms with van der Waals surface area (Å²) < 4.78 is 11.0. The van der Waals surface area contributed by atoms with Crippen LogP contribution in [-0.2, 0) is 23.9 Å². The number of esters is 2. The van der Waals surface area contributed by atoms with Crippen LogP contribution in [-0.4, -0.2) is 36.5 Å². The van der Waals surface area contributed by atoms with Gasteiger partial charge < -0.3 is 20.1 Å². The van der Waals surface area contributed by atoms with Gasteiger partial charge in [0.1, 0.15) is 0 Å². The van der Waals surface area contributed by atoms with Crippen molar-refractivity contribution in [3.8, 4) is 0 Å². The lowest BCUT2D eigenvalue weighted by Gasteiger charge is -2.10. The van der Waals surface area contributed by atoms with Crippen LogP contribution in [0.25, 0.3) is 0 Å². The predicted molar refractivity (Wildman–Crippen MR) is 128 cm³/mol. The summed E-state index contributed by atoms with van der Waals surface area (Å²) in [5.41, 5.74) is 2.44. The highest BCUT2D eigenvalue weighted by Gasteiger charge is 2.12. The molecule has 0 aliphatic heterocycles. The number of benzene rings is 2. The van der Waals surface area contributed by atoms with Gasteiger partial charge in [-0.1, -0.05) is 15.9 Å². The van der Waals surface area contributed by atoms with Crippen molar-refractivity contribution < 1.29 is 28.7 Å². The summed E-state index contributed by atoms with van der Waals surface area (Å²) in [7, 11) is 0. The van der Waals surface area contributed by atoms with Crippen LogP contribution >= 0.6 is 15.9 Å². The second-order valence-corrected chi connectivity index (χ2v) is 8.52. The van der Waals surface area contributed by atoms with Gasteiger partial charge in [0.25, 0.3) is 5.91 Å². The summed E-state index contributed by atoms with van der Waals surface area (Å²) in [5.74, 6) is -1.70. The Morgan fingerprint density at radius 1 is 0.939 bits per heavy atom. The third kappa shape index (κ3) is 9.44. The van der Waals surface area contributed by atoms with E-state index in [0.717, 1.165) is 10.0 Å². The second-order valence-electron chi connectivity index (χ2n) is 7.60. The number of anilines is 2. The molecule has 0 fully saturated rings. The largest absolute Gasteiger partial charge is 0.459 e. The van der Waals surface area contributed by atoms with Gasteiger partial charge in [-0.15, -0.1) is 0 Å². The highest BCUT2D eigenvalue weighted by molar-refractivity contribution is 9.10. The van der Waals surface area contributed by atoms with Gasteiger partial charge in [-0.05, 0) is 75.2 Å². The van der Waals surface area contributed by atoms with Gasteiger partial charge in [-0.2, -0.15) is 0 Å². The number of aryl methyl sites for hydroxylation is 1. The minimum atomic E-state index is -0.557. The number of carbonyl (C=O) groups excluding carboxylic acids is 4. The summed E-state index contributed by atoms with van der Waals surface area (Å²) >= 11 is 3.35. The first-order chi connectivity index (χ1) is 15.6. The van der Waals surface area contributed by atoms with Gasteiger partial charge in [0, 0.05) is 28.7 Å². The van der Waals surface area contributed by atoms with Crippen molar-refractivity contribution >= 4 is 51.1 Å². The molecule has 2 rings (SSSR count). The summed E-state index contributed by atoms with van der Waals surface area (Å²) in [5, 5.41) is 5.38. The lowest BCUT2D eigenvalue weighted by atomic mass is 10.2. The van der Waals surface area contributed by atoms with Crippen molar-refractivity contribution in [2.24, 2.45) is 0 Å². The predicted octanol–water partition coefficient (Wildman–Crippen LogP) is 4.61. The zero-order valence-electron chi connectivity index (χ0n) is 18.8. The summed E-state index contributed by atoms with van der Waals surface area (Å²) in [4.78, 5) is 47.7. The Bertz CT molecular complexity index is 1000. The van der Waals surface area contributed by atoms with E-state index in [9.17, 15) is 19.2 Å². The first-order valence-corrected chi connectivity index (χ1v) is 11.3. The number of halogens is 1. The van der Waals surface area contributed by atoms with Crippen LogP contribution in [0.2, 0.25) is 0 Å². The highest BCUT2D eigenvalue weighted by atomic mass is 79.9. The second kappa shape index (κ2) is 12.7. The van der Waals surface area contributed by atoms with Gasteiger partial charge in [0.05, 0.1) is 11.7 Å². The quantitative estimate of drug-likeness (QED) is 0.444. The van der Waals surface area contributed by atoms with Crippen molar-refractivity contribution in [1.29, 1.82) is 0 Å². The Kier molecular flexibility index (Phi) is 10.1. The van der Waals surface area contributed by atoms with Crippen LogP contribution in [0.3, 0.4) is 0 Å². The molecule has 2 aromatic carbocycles. The zero-order chi connectivity index (χ0) is 24.4. The van der Waals surface area contributed by atoms with E-state index < -0.39 is 24.5 Å². The fraction of sp³-hybridized carbons (Fsp3) is 0.333. The van der Waals surface area contributed by atoms with E-state index >= 15 is 0 Å². The Labute approximate surface area is 201 Å². The number of ether oxygens (including phenoxy) is 2. The fourth-order valence-corrected chi connectivity index (χ4v) is 3.24. The zero-order valence-corrected chi connectivity index (χ0v) is 20.4. The maximum Gasteiger partial charge on any atom is 0.338 e. The molecule has 0 unspecified atom stereocenters. The first kappa shape index (κ1) is 26.1. The molecule has 0 saturated heterocycles. The average Bonchev–Trinajstić information content (AvgIpc) is 2.74. The molecule has 0 bridgehead atoms. The lowest BCUT2D eigenvalue weighted by molar-refractivity contribution is -0.147. The van der Waals surface area contributed by atoms with E-state index in [1.54, 1.807) is 50.2 Å². The molecule has 2 aromatic rings. The molecular formula is C24H27BrN2O6. The minimum Gasteiger partial charge on any atom is -0.459 e. The minimum absolute atomic E-state index is 0.0119. The topological polar surface area (TPSA) is 111 Å². The lowest BCUT2D eigenvalue weighted by Crippen LogP contribution is -2.21. The van der Waals surface area contributed by atoms with E-state index in [4.69, 9.17) is 9.47 Å². The molecule has 33 heavy (non-hydrogen) atoms. The summed E-state index contributed by atoms with van der Waals surface area (Å²) in [6.45, 7) is 4.99. The number of rotatable bonds is 10. The van der Waals surface area contributed by atoms with E-state index in [1.807, 2.05) is 13.0 Å². The van der Waals surface area contributed by atoms with Crippen molar-refractivity contribution in [3.05, 3.63) is 58.1 Å².